The second kappa shape index (κ2) is 5.95. The lowest BCUT2D eigenvalue weighted by molar-refractivity contribution is -0.128. The molecular formula is C21H32O3. The maximum atomic E-state index is 12.3. The topological polar surface area (TPSA) is 46.5 Å². The van der Waals surface area contributed by atoms with Crippen LogP contribution in [0, 0.1) is 28.6 Å². The number of rotatable bonds is 3. The fraction of sp³-hybridized carbons (Fsp3) is 0.857. The van der Waals surface area contributed by atoms with Crippen molar-refractivity contribution >= 4 is 6.29 Å². The van der Waals surface area contributed by atoms with Crippen LogP contribution in [0.1, 0.15) is 65.2 Å². The zero-order valence-corrected chi connectivity index (χ0v) is 15.2. The number of carbonyl (C=O) groups is 1. The molecule has 4 aliphatic rings. The lowest BCUT2D eigenvalue weighted by atomic mass is 9.48. The highest BCUT2D eigenvalue weighted by atomic mass is 16.5. The highest BCUT2D eigenvalue weighted by molar-refractivity contribution is 5.67. The first kappa shape index (κ1) is 16.8. The summed E-state index contributed by atoms with van der Waals surface area (Å²) in [5, 5.41) is 10.5. The van der Waals surface area contributed by atoms with Gasteiger partial charge >= 0.3 is 0 Å². The third kappa shape index (κ3) is 2.20. The molecule has 0 heterocycles. The molecule has 0 spiro atoms. The van der Waals surface area contributed by atoms with Crippen LogP contribution in [0.3, 0.4) is 0 Å². The van der Waals surface area contributed by atoms with E-state index in [1.165, 1.54) is 11.9 Å². The minimum Gasteiger partial charge on any atom is -0.393 e. The molecule has 3 saturated carbocycles. The Morgan fingerprint density at radius 3 is 2.83 bits per heavy atom. The third-order valence-electron chi connectivity index (χ3n) is 8.22. The summed E-state index contributed by atoms with van der Waals surface area (Å²) < 4.78 is 5.87. The molecule has 0 aromatic carbocycles. The summed E-state index contributed by atoms with van der Waals surface area (Å²) in [5.41, 5.74) is 1.22. The van der Waals surface area contributed by atoms with Crippen LogP contribution in [0.2, 0.25) is 0 Å². The maximum Gasteiger partial charge on any atom is 0.130 e. The van der Waals surface area contributed by atoms with Gasteiger partial charge in [0.1, 0.15) is 6.29 Å². The summed E-state index contributed by atoms with van der Waals surface area (Å²) >= 11 is 0. The molecule has 0 aromatic heterocycles. The van der Waals surface area contributed by atoms with E-state index in [2.05, 4.69) is 19.9 Å². The fourth-order valence-corrected chi connectivity index (χ4v) is 6.90. The van der Waals surface area contributed by atoms with Gasteiger partial charge in [0.2, 0.25) is 0 Å². The molecule has 2 unspecified atom stereocenters. The SMILES string of the molecule is CCOC1CC[C@@]2(C=O)C(=CC[C@@H]3[C@H]2CC[C@]2(C)C(O)CC[C@@H]32)C1. The first-order chi connectivity index (χ1) is 11.5. The zero-order chi connectivity index (χ0) is 16.9. The molecule has 3 fully saturated rings. The molecule has 3 nitrogen and oxygen atoms in total. The van der Waals surface area contributed by atoms with Crippen LogP contribution in [0.5, 0.6) is 0 Å². The molecule has 7 atom stereocenters. The van der Waals surface area contributed by atoms with E-state index in [0.717, 1.165) is 58.0 Å². The average Bonchev–Trinajstić information content (AvgIpc) is 2.90. The van der Waals surface area contributed by atoms with Crippen molar-refractivity contribution in [1.82, 2.24) is 0 Å². The van der Waals surface area contributed by atoms with Crippen LogP contribution >= 0.6 is 0 Å². The van der Waals surface area contributed by atoms with Gasteiger partial charge < -0.3 is 14.6 Å². The lowest BCUT2D eigenvalue weighted by Gasteiger charge is -2.56. The molecular weight excluding hydrogens is 300 g/mol. The van der Waals surface area contributed by atoms with Crippen LogP contribution in [0.4, 0.5) is 0 Å². The van der Waals surface area contributed by atoms with Crippen molar-refractivity contribution in [3.8, 4) is 0 Å². The quantitative estimate of drug-likeness (QED) is 0.630. The van der Waals surface area contributed by atoms with Gasteiger partial charge in [-0.3, -0.25) is 0 Å². The number of aliphatic hydroxyl groups is 1. The van der Waals surface area contributed by atoms with Gasteiger partial charge in [0, 0.05) is 6.61 Å². The van der Waals surface area contributed by atoms with Gasteiger partial charge in [-0.1, -0.05) is 18.6 Å². The molecule has 0 aliphatic heterocycles. The van der Waals surface area contributed by atoms with Crippen molar-refractivity contribution in [2.75, 3.05) is 6.61 Å². The van der Waals surface area contributed by atoms with Crippen molar-refractivity contribution in [3.05, 3.63) is 11.6 Å². The van der Waals surface area contributed by atoms with Crippen LogP contribution in [-0.2, 0) is 9.53 Å². The monoisotopic (exact) mass is 332 g/mol. The van der Waals surface area contributed by atoms with E-state index in [1.54, 1.807) is 0 Å². The molecule has 4 aliphatic carbocycles. The van der Waals surface area contributed by atoms with E-state index in [9.17, 15) is 9.90 Å². The summed E-state index contributed by atoms with van der Waals surface area (Å²) in [5.74, 6) is 1.66. The Bertz CT molecular complexity index is 541. The van der Waals surface area contributed by atoms with Gasteiger partial charge in [-0.15, -0.1) is 0 Å². The zero-order valence-electron chi connectivity index (χ0n) is 15.2. The number of aldehydes is 1. The molecule has 0 amide bonds. The van der Waals surface area contributed by atoms with Crippen LogP contribution in [0.15, 0.2) is 11.6 Å². The Hall–Kier alpha value is -0.670. The van der Waals surface area contributed by atoms with Crippen molar-refractivity contribution in [2.45, 2.75) is 77.4 Å². The van der Waals surface area contributed by atoms with Crippen LogP contribution < -0.4 is 0 Å². The van der Waals surface area contributed by atoms with Crippen LogP contribution in [-0.4, -0.2) is 30.2 Å². The van der Waals surface area contributed by atoms with Crippen molar-refractivity contribution in [2.24, 2.45) is 28.6 Å². The summed E-state index contributed by atoms with van der Waals surface area (Å²) in [6.07, 6.45) is 12.1. The Morgan fingerprint density at radius 1 is 1.25 bits per heavy atom. The number of carbonyl (C=O) groups excluding carboxylic acids is 1. The maximum absolute atomic E-state index is 12.3. The van der Waals surface area contributed by atoms with Gasteiger partial charge in [-0.25, -0.2) is 0 Å². The van der Waals surface area contributed by atoms with E-state index in [1.807, 2.05) is 0 Å². The van der Waals surface area contributed by atoms with E-state index >= 15 is 0 Å². The minimum absolute atomic E-state index is 0.0824. The summed E-state index contributed by atoms with van der Waals surface area (Å²) in [4.78, 5) is 12.3. The molecule has 4 rings (SSSR count). The summed E-state index contributed by atoms with van der Waals surface area (Å²) in [6.45, 7) is 5.11. The number of fused-ring (bicyclic) bond motifs is 5. The molecule has 134 valence electrons. The smallest absolute Gasteiger partial charge is 0.130 e. The van der Waals surface area contributed by atoms with Gasteiger partial charge in [-0.05, 0) is 81.5 Å². The second-order valence-electron chi connectivity index (χ2n) is 8.96. The average molecular weight is 332 g/mol. The van der Waals surface area contributed by atoms with E-state index in [4.69, 9.17) is 4.74 Å². The molecule has 24 heavy (non-hydrogen) atoms. The molecule has 0 aromatic rings. The normalized spacial score (nSPS) is 50.5. The second-order valence-corrected chi connectivity index (χ2v) is 8.96. The Kier molecular flexibility index (Phi) is 4.16. The molecule has 1 N–H and O–H groups in total. The van der Waals surface area contributed by atoms with Gasteiger partial charge in [0.15, 0.2) is 0 Å². The minimum atomic E-state index is -0.231. The summed E-state index contributed by atoms with van der Waals surface area (Å²) in [6, 6.07) is 0. The molecule has 0 radical (unpaired) electrons. The van der Waals surface area contributed by atoms with Crippen LogP contribution in [0.25, 0.3) is 0 Å². The lowest BCUT2D eigenvalue weighted by Crippen LogP contribution is -2.52. The molecule has 0 bridgehead atoms. The van der Waals surface area contributed by atoms with Crippen molar-refractivity contribution in [1.29, 1.82) is 0 Å². The first-order valence-electron chi connectivity index (χ1n) is 10.0. The number of hydrogen-bond donors (Lipinski definition) is 1. The largest absolute Gasteiger partial charge is 0.393 e. The van der Waals surface area contributed by atoms with Crippen molar-refractivity contribution < 1.29 is 14.6 Å². The van der Waals surface area contributed by atoms with Gasteiger partial charge in [-0.2, -0.15) is 0 Å². The van der Waals surface area contributed by atoms with Crippen molar-refractivity contribution in [3.63, 3.8) is 0 Å². The van der Waals surface area contributed by atoms with Gasteiger partial charge in [0.25, 0.3) is 0 Å². The molecule has 0 saturated heterocycles. The molecule has 3 heteroatoms. The highest BCUT2D eigenvalue weighted by Crippen LogP contribution is 2.64. The Morgan fingerprint density at radius 2 is 2.08 bits per heavy atom. The Labute approximate surface area is 145 Å². The van der Waals surface area contributed by atoms with E-state index in [-0.39, 0.29) is 16.9 Å². The predicted molar refractivity (Wildman–Crippen MR) is 93.5 cm³/mol. The first-order valence-corrected chi connectivity index (χ1v) is 10.0. The fourth-order valence-electron chi connectivity index (χ4n) is 6.90. The number of ether oxygens (including phenoxy) is 1. The standard InChI is InChI=1S/C21H32O3/c1-3-24-15-8-11-21(13-22)14(12-15)4-5-16-17-6-7-19(23)20(17,2)10-9-18(16)21/h4,13,15-19,23H,3,5-12H2,1-2H3/t15?,16-,17-,18+,19?,20-,21+/m0/s1. The highest BCUT2D eigenvalue weighted by Gasteiger charge is 2.59. The Balaban J connectivity index is 1.65. The van der Waals surface area contributed by atoms with Gasteiger partial charge in [0.05, 0.1) is 17.6 Å². The third-order valence-corrected chi connectivity index (χ3v) is 8.22. The summed E-state index contributed by atoms with van der Waals surface area (Å²) in [7, 11) is 0. The van der Waals surface area contributed by atoms with E-state index in [0.29, 0.717) is 23.9 Å². The number of hydrogen-bond acceptors (Lipinski definition) is 3. The van der Waals surface area contributed by atoms with E-state index < -0.39 is 0 Å². The number of allylic oxidation sites excluding steroid dienone is 1. The number of aliphatic hydroxyl groups excluding tert-OH is 1. The predicted octanol–water partition coefficient (Wildman–Crippen LogP) is 3.89.